The molecule has 1 amide bonds. The maximum Gasteiger partial charge on any atom is 0.305 e. The lowest BCUT2D eigenvalue weighted by atomic mass is 9.92. The number of carboxylic acids is 1. The van der Waals surface area contributed by atoms with Gasteiger partial charge in [0.2, 0.25) is 5.91 Å². The molecule has 1 fully saturated rings. The summed E-state index contributed by atoms with van der Waals surface area (Å²) < 4.78 is 2.14. The van der Waals surface area contributed by atoms with Gasteiger partial charge in [-0.05, 0) is 31.4 Å². The Balaban J connectivity index is 1.78. The van der Waals surface area contributed by atoms with E-state index in [1.165, 1.54) is 0 Å². The SMILES string of the molecule is CCn1cc(CC(=O)NC2(CC(=O)O)CCCC2)c2ccccc21. The lowest BCUT2D eigenvalue weighted by molar-refractivity contribution is -0.139. The molecule has 1 saturated carbocycles. The lowest BCUT2D eigenvalue weighted by Gasteiger charge is -2.28. The fourth-order valence-electron chi connectivity index (χ4n) is 3.93. The van der Waals surface area contributed by atoms with Gasteiger partial charge in [-0.2, -0.15) is 0 Å². The minimum absolute atomic E-state index is 0.00938. The molecule has 0 bridgehead atoms. The first kappa shape index (κ1) is 16.6. The van der Waals surface area contributed by atoms with Crippen molar-refractivity contribution in [2.45, 2.75) is 57.5 Å². The molecule has 128 valence electrons. The largest absolute Gasteiger partial charge is 0.481 e. The highest BCUT2D eigenvalue weighted by atomic mass is 16.4. The number of hydrogen-bond donors (Lipinski definition) is 2. The molecule has 24 heavy (non-hydrogen) atoms. The van der Waals surface area contributed by atoms with Crippen LogP contribution >= 0.6 is 0 Å². The zero-order valence-electron chi connectivity index (χ0n) is 14.0. The van der Waals surface area contributed by atoms with E-state index in [1.807, 2.05) is 24.4 Å². The van der Waals surface area contributed by atoms with Gasteiger partial charge in [0.05, 0.1) is 18.4 Å². The highest BCUT2D eigenvalue weighted by Gasteiger charge is 2.37. The van der Waals surface area contributed by atoms with Gasteiger partial charge in [-0.1, -0.05) is 31.0 Å². The molecule has 0 atom stereocenters. The lowest BCUT2D eigenvalue weighted by Crippen LogP contribution is -2.48. The van der Waals surface area contributed by atoms with Crippen molar-refractivity contribution in [3.63, 3.8) is 0 Å². The average molecular weight is 328 g/mol. The number of rotatable bonds is 6. The standard InChI is InChI=1S/C19H24N2O3/c1-2-21-13-14(15-7-3-4-8-16(15)21)11-17(22)20-19(12-18(23)24)9-5-6-10-19/h3-4,7-8,13H,2,5-6,9-12H2,1H3,(H,20,22)(H,23,24). The molecule has 0 radical (unpaired) electrons. The van der Waals surface area contributed by atoms with Crippen molar-refractivity contribution in [1.29, 1.82) is 0 Å². The van der Waals surface area contributed by atoms with Crippen LogP contribution in [0.3, 0.4) is 0 Å². The Morgan fingerprint density at radius 3 is 2.62 bits per heavy atom. The number of nitrogens with zero attached hydrogens (tertiary/aromatic N) is 1. The van der Waals surface area contributed by atoms with Gasteiger partial charge in [-0.3, -0.25) is 9.59 Å². The molecule has 5 heteroatoms. The van der Waals surface area contributed by atoms with Crippen LogP contribution in [0.2, 0.25) is 0 Å². The van der Waals surface area contributed by atoms with Crippen LogP contribution in [0.1, 0.15) is 44.6 Å². The van der Waals surface area contributed by atoms with Crippen LogP contribution in [-0.4, -0.2) is 27.1 Å². The maximum atomic E-state index is 12.6. The minimum Gasteiger partial charge on any atom is -0.481 e. The monoisotopic (exact) mass is 328 g/mol. The van der Waals surface area contributed by atoms with E-state index in [0.717, 1.165) is 48.7 Å². The predicted octanol–water partition coefficient (Wildman–Crippen LogP) is 3.11. The zero-order valence-corrected chi connectivity index (χ0v) is 14.0. The van der Waals surface area contributed by atoms with Gasteiger partial charge in [0.25, 0.3) is 0 Å². The minimum atomic E-state index is -0.847. The van der Waals surface area contributed by atoms with Crippen LogP contribution in [0.5, 0.6) is 0 Å². The van der Waals surface area contributed by atoms with Crippen LogP contribution in [0.4, 0.5) is 0 Å². The Labute approximate surface area is 141 Å². The van der Waals surface area contributed by atoms with E-state index < -0.39 is 11.5 Å². The van der Waals surface area contributed by atoms with E-state index in [9.17, 15) is 9.59 Å². The number of aryl methyl sites for hydroxylation is 1. The summed E-state index contributed by atoms with van der Waals surface area (Å²) in [5.74, 6) is -0.933. The number of amides is 1. The van der Waals surface area contributed by atoms with Gasteiger partial charge in [0.1, 0.15) is 0 Å². The fraction of sp³-hybridized carbons (Fsp3) is 0.474. The second-order valence-electron chi connectivity index (χ2n) is 6.74. The van der Waals surface area contributed by atoms with Crippen LogP contribution in [0.15, 0.2) is 30.5 Å². The summed E-state index contributed by atoms with van der Waals surface area (Å²) in [7, 11) is 0. The molecule has 1 aromatic carbocycles. The third-order valence-corrected chi connectivity index (χ3v) is 5.02. The highest BCUT2D eigenvalue weighted by Crippen LogP contribution is 2.33. The van der Waals surface area contributed by atoms with Crippen molar-refractivity contribution in [3.05, 3.63) is 36.0 Å². The zero-order chi connectivity index (χ0) is 17.2. The number of carboxylic acid groups (broad SMARTS) is 1. The quantitative estimate of drug-likeness (QED) is 0.856. The molecule has 0 aliphatic heterocycles. The number of para-hydroxylation sites is 1. The van der Waals surface area contributed by atoms with E-state index in [-0.39, 0.29) is 18.7 Å². The van der Waals surface area contributed by atoms with Crippen LogP contribution in [0.25, 0.3) is 10.9 Å². The van der Waals surface area contributed by atoms with E-state index in [1.54, 1.807) is 0 Å². The summed E-state index contributed by atoms with van der Waals surface area (Å²) >= 11 is 0. The maximum absolute atomic E-state index is 12.6. The molecular formula is C19H24N2O3. The number of hydrogen-bond acceptors (Lipinski definition) is 2. The molecule has 2 N–H and O–H groups in total. The molecule has 0 unspecified atom stereocenters. The normalized spacial score (nSPS) is 16.4. The molecule has 0 saturated heterocycles. The van der Waals surface area contributed by atoms with Gasteiger partial charge in [-0.15, -0.1) is 0 Å². The second-order valence-corrected chi connectivity index (χ2v) is 6.74. The van der Waals surface area contributed by atoms with Crippen LogP contribution in [0, 0.1) is 0 Å². The molecule has 1 heterocycles. The third kappa shape index (κ3) is 3.30. The third-order valence-electron chi connectivity index (χ3n) is 5.02. The van der Waals surface area contributed by atoms with E-state index in [2.05, 4.69) is 22.9 Å². The number of aliphatic carboxylic acids is 1. The summed E-state index contributed by atoms with van der Waals surface area (Å²) in [5.41, 5.74) is 1.56. The van der Waals surface area contributed by atoms with Crippen molar-refractivity contribution >= 4 is 22.8 Å². The predicted molar refractivity (Wildman–Crippen MR) is 92.9 cm³/mol. The first-order valence-corrected chi connectivity index (χ1v) is 8.62. The molecule has 3 rings (SSSR count). The van der Waals surface area contributed by atoms with Gasteiger partial charge in [0, 0.05) is 23.6 Å². The molecule has 1 aliphatic rings. The number of fused-ring (bicyclic) bond motifs is 1. The van der Waals surface area contributed by atoms with Crippen molar-refractivity contribution in [3.8, 4) is 0 Å². The first-order chi connectivity index (χ1) is 11.5. The van der Waals surface area contributed by atoms with Crippen molar-refractivity contribution in [2.75, 3.05) is 0 Å². The van der Waals surface area contributed by atoms with E-state index >= 15 is 0 Å². The summed E-state index contributed by atoms with van der Waals surface area (Å²) in [4.78, 5) is 23.7. The van der Waals surface area contributed by atoms with Gasteiger partial charge < -0.3 is 15.0 Å². The molecule has 1 aliphatic carbocycles. The number of nitrogens with one attached hydrogen (secondary N) is 1. The summed E-state index contributed by atoms with van der Waals surface area (Å²) in [6.07, 6.45) is 5.78. The topological polar surface area (TPSA) is 71.3 Å². The smallest absolute Gasteiger partial charge is 0.305 e. The summed E-state index contributed by atoms with van der Waals surface area (Å²) in [5, 5.41) is 13.3. The Bertz CT molecular complexity index is 757. The Kier molecular flexibility index (Phi) is 4.60. The van der Waals surface area contributed by atoms with Gasteiger partial charge in [0.15, 0.2) is 0 Å². The number of aromatic nitrogens is 1. The van der Waals surface area contributed by atoms with Crippen molar-refractivity contribution in [1.82, 2.24) is 9.88 Å². The van der Waals surface area contributed by atoms with Crippen molar-refractivity contribution in [2.24, 2.45) is 0 Å². The average Bonchev–Trinajstić information content (AvgIpc) is 3.12. The Morgan fingerprint density at radius 2 is 1.96 bits per heavy atom. The van der Waals surface area contributed by atoms with E-state index in [0.29, 0.717) is 0 Å². The molecule has 1 aromatic heterocycles. The molecular weight excluding hydrogens is 304 g/mol. The molecule has 5 nitrogen and oxygen atoms in total. The van der Waals surface area contributed by atoms with Gasteiger partial charge >= 0.3 is 5.97 Å². The van der Waals surface area contributed by atoms with Crippen LogP contribution in [-0.2, 0) is 22.6 Å². The van der Waals surface area contributed by atoms with Gasteiger partial charge in [-0.25, -0.2) is 0 Å². The fourth-order valence-corrected chi connectivity index (χ4v) is 3.93. The number of carbonyl (C=O) groups excluding carboxylic acids is 1. The summed E-state index contributed by atoms with van der Waals surface area (Å²) in [6.45, 7) is 2.93. The Hall–Kier alpha value is -2.30. The second kappa shape index (κ2) is 6.67. The first-order valence-electron chi connectivity index (χ1n) is 8.62. The highest BCUT2D eigenvalue weighted by molar-refractivity contribution is 5.89. The van der Waals surface area contributed by atoms with E-state index in [4.69, 9.17) is 5.11 Å². The Morgan fingerprint density at radius 1 is 1.25 bits per heavy atom. The number of benzene rings is 1. The van der Waals surface area contributed by atoms with Crippen LogP contribution < -0.4 is 5.32 Å². The van der Waals surface area contributed by atoms with Crippen molar-refractivity contribution < 1.29 is 14.7 Å². The summed E-state index contributed by atoms with van der Waals surface area (Å²) in [6, 6.07) is 8.07. The number of carbonyl (C=O) groups is 2. The molecule has 2 aromatic rings. The molecule has 0 spiro atoms.